The van der Waals surface area contributed by atoms with Crippen molar-refractivity contribution in [2.24, 2.45) is 11.3 Å². The highest BCUT2D eigenvalue weighted by Crippen LogP contribution is 2.42. The Morgan fingerprint density at radius 3 is 2.10 bits per heavy atom. The van der Waals surface area contributed by atoms with Crippen molar-refractivity contribution in [1.29, 1.82) is 0 Å². The average molecular weight is 576 g/mol. The van der Waals surface area contributed by atoms with Crippen molar-refractivity contribution in [3.63, 3.8) is 0 Å². The van der Waals surface area contributed by atoms with Crippen LogP contribution < -0.4 is 4.90 Å². The molecule has 1 spiro atoms. The lowest BCUT2D eigenvalue weighted by molar-refractivity contribution is -0.308. The van der Waals surface area contributed by atoms with Gasteiger partial charge in [-0.1, -0.05) is 6.92 Å². The summed E-state index contributed by atoms with van der Waals surface area (Å²) in [6.45, 7) is 4.60. The van der Waals surface area contributed by atoms with E-state index in [0.29, 0.717) is 62.6 Å². The average Bonchev–Trinajstić information content (AvgIpc) is 3.42. The third-order valence-corrected chi connectivity index (χ3v) is 7.91. The van der Waals surface area contributed by atoms with Gasteiger partial charge in [0.05, 0.1) is 5.56 Å². The molecule has 220 valence electrons. The molecule has 14 heteroatoms. The lowest BCUT2D eigenvalue weighted by Crippen LogP contribution is -2.50. The van der Waals surface area contributed by atoms with Crippen molar-refractivity contribution < 1.29 is 49.0 Å². The molecule has 0 bridgehead atoms. The number of hydrogen-bond donors (Lipinski definition) is 0. The predicted molar refractivity (Wildman–Crippen MR) is 123 cm³/mol. The molecule has 0 saturated carbocycles. The third-order valence-electron chi connectivity index (χ3n) is 7.91. The highest BCUT2D eigenvalue weighted by atomic mass is 19.4. The van der Waals surface area contributed by atoms with Crippen molar-refractivity contribution in [1.82, 2.24) is 9.80 Å². The number of halogens is 9. The molecule has 0 radical (unpaired) electrons. The number of piperidine rings is 1. The Morgan fingerprint density at radius 2 is 1.56 bits per heavy atom. The van der Waals surface area contributed by atoms with Gasteiger partial charge < -0.3 is 14.5 Å². The largest absolute Gasteiger partial charge is 0.434 e. The molecule has 0 N–H and O–H groups in total. The summed E-state index contributed by atoms with van der Waals surface area (Å²) in [5.74, 6) is 0.386. The fraction of sp³-hybridized carbons (Fsp3) is 0.720. The Labute approximate surface area is 219 Å². The van der Waals surface area contributed by atoms with Crippen molar-refractivity contribution in [2.75, 3.05) is 44.2 Å². The van der Waals surface area contributed by atoms with Gasteiger partial charge in [-0.15, -0.1) is 0 Å². The number of likely N-dealkylation sites (tertiary alicyclic amines) is 2. The summed E-state index contributed by atoms with van der Waals surface area (Å²) in [6.07, 6.45) is -19.7. The van der Waals surface area contributed by atoms with E-state index < -0.39 is 36.3 Å². The zero-order valence-corrected chi connectivity index (χ0v) is 21.2. The van der Waals surface area contributed by atoms with Gasteiger partial charge in [-0.05, 0) is 67.3 Å². The molecular weight excluding hydrogens is 545 g/mol. The van der Waals surface area contributed by atoms with E-state index >= 15 is 0 Å². The molecule has 1 amide bonds. The molecule has 1 aromatic rings. The fourth-order valence-corrected chi connectivity index (χ4v) is 5.77. The summed E-state index contributed by atoms with van der Waals surface area (Å²) in [6, 6.07) is 4.09. The molecule has 5 nitrogen and oxygen atoms in total. The van der Waals surface area contributed by atoms with Crippen molar-refractivity contribution in [3.8, 4) is 0 Å². The smallest absolute Gasteiger partial charge is 0.426 e. The van der Waals surface area contributed by atoms with Crippen LogP contribution in [0.3, 0.4) is 0 Å². The zero-order chi connectivity index (χ0) is 28.8. The highest BCUT2D eigenvalue weighted by molar-refractivity contribution is 5.68. The third kappa shape index (κ3) is 7.04. The minimum atomic E-state index is -5.78. The van der Waals surface area contributed by atoms with Gasteiger partial charge in [-0.25, -0.2) is 4.79 Å². The first-order chi connectivity index (χ1) is 18.0. The Balaban J connectivity index is 1.38. The second-order valence-corrected chi connectivity index (χ2v) is 11.0. The standard InChI is InChI=1S/C25H30F9N3O2/c1-16-2-6-37(13-16)19-11-17(10-18(12-19)23(26,27)28)14-35-7-3-22(15-35)4-8-36(9-5-22)21(38)39-20(24(29,30)31)25(32,33)34/h10-12,16,20H,2-9,13-15H2,1H3. The van der Waals surface area contributed by atoms with Crippen LogP contribution in [-0.4, -0.2) is 73.6 Å². The Morgan fingerprint density at radius 1 is 0.949 bits per heavy atom. The number of carbonyl (C=O) groups excluding carboxylic acids is 1. The number of alkyl halides is 9. The Kier molecular flexibility index (Phi) is 8.01. The minimum Gasteiger partial charge on any atom is -0.426 e. The topological polar surface area (TPSA) is 36.0 Å². The number of carbonyl (C=O) groups is 1. The van der Waals surface area contributed by atoms with E-state index in [1.54, 1.807) is 6.07 Å². The second kappa shape index (κ2) is 10.5. The molecule has 3 aliphatic rings. The van der Waals surface area contributed by atoms with E-state index in [2.05, 4.69) is 4.74 Å². The molecule has 1 aromatic carbocycles. The van der Waals surface area contributed by atoms with E-state index in [-0.39, 0.29) is 25.0 Å². The molecule has 4 rings (SSSR count). The first-order valence-electron chi connectivity index (χ1n) is 12.7. The van der Waals surface area contributed by atoms with Crippen LogP contribution in [0.4, 0.5) is 50.0 Å². The van der Waals surface area contributed by atoms with Crippen LogP contribution in [0.1, 0.15) is 43.7 Å². The van der Waals surface area contributed by atoms with E-state index in [9.17, 15) is 44.3 Å². The van der Waals surface area contributed by atoms with Crippen molar-refractivity contribution in [2.45, 2.75) is 63.8 Å². The Bertz CT molecular complexity index is 1020. The molecule has 1 unspecified atom stereocenters. The molecule has 39 heavy (non-hydrogen) atoms. The van der Waals surface area contributed by atoms with Gasteiger partial charge in [0.2, 0.25) is 0 Å². The summed E-state index contributed by atoms with van der Waals surface area (Å²) in [4.78, 5) is 16.9. The molecule has 0 aromatic heterocycles. The number of benzene rings is 1. The van der Waals surface area contributed by atoms with Crippen LogP contribution in [0.25, 0.3) is 0 Å². The van der Waals surface area contributed by atoms with Gasteiger partial charge in [-0.2, -0.15) is 39.5 Å². The van der Waals surface area contributed by atoms with E-state index in [1.807, 2.05) is 16.7 Å². The highest BCUT2D eigenvalue weighted by Gasteiger charge is 2.60. The van der Waals surface area contributed by atoms with Gasteiger partial charge in [0, 0.05) is 45.0 Å². The quantitative estimate of drug-likeness (QED) is 0.386. The number of ether oxygens (including phenoxy) is 1. The molecule has 1 atom stereocenters. The predicted octanol–water partition coefficient (Wildman–Crippen LogP) is 6.47. The number of rotatable bonds is 4. The Hall–Kier alpha value is -2.38. The number of nitrogens with zero attached hydrogens (tertiary/aromatic N) is 3. The summed E-state index contributed by atoms with van der Waals surface area (Å²) >= 11 is 0. The second-order valence-electron chi connectivity index (χ2n) is 11.0. The lowest BCUT2D eigenvalue weighted by Gasteiger charge is -2.39. The molecular formula is C25H30F9N3O2. The van der Waals surface area contributed by atoms with E-state index in [4.69, 9.17) is 0 Å². The first kappa shape index (κ1) is 29.6. The van der Waals surface area contributed by atoms with Gasteiger partial charge in [-0.3, -0.25) is 4.90 Å². The summed E-state index contributed by atoms with van der Waals surface area (Å²) in [5, 5.41) is 0. The van der Waals surface area contributed by atoms with Crippen LogP contribution in [0.15, 0.2) is 18.2 Å². The van der Waals surface area contributed by atoms with Gasteiger partial charge in [0.25, 0.3) is 6.10 Å². The van der Waals surface area contributed by atoms with Crippen LogP contribution in [0, 0.1) is 11.3 Å². The SMILES string of the molecule is CC1CCN(c2cc(CN3CCC4(CCN(C(=O)OC(C(F)(F)F)C(F)(F)F)CC4)C3)cc(C(F)(F)F)c2)C1. The summed E-state index contributed by atoms with van der Waals surface area (Å²) < 4.78 is 121. The normalized spacial score (nSPS) is 22.8. The van der Waals surface area contributed by atoms with Crippen LogP contribution in [0.5, 0.6) is 0 Å². The number of hydrogen-bond acceptors (Lipinski definition) is 4. The van der Waals surface area contributed by atoms with Crippen LogP contribution in [-0.2, 0) is 17.5 Å². The maximum atomic E-state index is 13.6. The van der Waals surface area contributed by atoms with E-state index in [1.165, 1.54) is 6.07 Å². The summed E-state index contributed by atoms with van der Waals surface area (Å²) in [5.41, 5.74) is -0.00553. The number of amides is 1. The van der Waals surface area contributed by atoms with Gasteiger partial charge >= 0.3 is 24.6 Å². The molecule has 3 heterocycles. The fourth-order valence-electron chi connectivity index (χ4n) is 5.77. The first-order valence-corrected chi connectivity index (χ1v) is 12.7. The molecule has 3 saturated heterocycles. The van der Waals surface area contributed by atoms with Gasteiger partial charge in [0.1, 0.15) is 0 Å². The van der Waals surface area contributed by atoms with Crippen molar-refractivity contribution >= 4 is 11.8 Å². The monoisotopic (exact) mass is 575 g/mol. The minimum absolute atomic E-state index is 0.0735. The summed E-state index contributed by atoms with van der Waals surface area (Å²) in [7, 11) is 0. The maximum absolute atomic E-state index is 13.6. The molecule has 3 fully saturated rings. The van der Waals surface area contributed by atoms with Crippen molar-refractivity contribution in [3.05, 3.63) is 29.3 Å². The number of anilines is 1. The van der Waals surface area contributed by atoms with Crippen LogP contribution in [0.2, 0.25) is 0 Å². The van der Waals surface area contributed by atoms with Crippen LogP contribution >= 0.6 is 0 Å². The molecule has 3 aliphatic heterocycles. The van der Waals surface area contributed by atoms with E-state index in [0.717, 1.165) is 17.4 Å². The maximum Gasteiger partial charge on any atom is 0.434 e. The molecule has 0 aliphatic carbocycles. The zero-order valence-electron chi connectivity index (χ0n) is 21.2. The van der Waals surface area contributed by atoms with Gasteiger partial charge in [0.15, 0.2) is 0 Å². The lowest BCUT2D eigenvalue weighted by atomic mass is 9.78.